The number of para-hydroxylation sites is 1. The summed E-state index contributed by atoms with van der Waals surface area (Å²) in [6.45, 7) is 1.91. The number of ether oxygens (including phenoxy) is 1. The SMILES string of the molecule is Fc1ccccc1O[C@H](c1ccccc1)[C@@H]1CCNC1. The molecule has 0 saturated carbocycles. The first kappa shape index (κ1) is 13.1. The average molecular weight is 271 g/mol. The molecule has 1 fully saturated rings. The van der Waals surface area contributed by atoms with Gasteiger partial charge in [-0.25, -0.2) is 4.39 Å². The van der Waals surface area contributed by atoms with Gasteiger partial charge in [0.15, 0.2) is 11.6 Å². The molecule has 0 aromatic heterocycles. The third-order valence-corrected chi connectivity index (χ3v) is 3.75. The van der Waals surface area contributed by atoms with Gasteiger partial charge >= 0.3 is 0 Å². The first-order valence-corrected chi connectivity index (χ1v) is 7.01. The Labute approximate surface area is 118 Å². The topological polar surface area (TPSA) is 21.3 Å². The number of nitrogens with one attached hydrogen (secondary N) is 1. The minimum absolute atomic E-state index is 0.108. The highest BCUT2D eigenvalue weighted by Gasteiger charge is 2.28. The van der Waals surface area contributed by atoms with Crippen molar-refractivity contribution in [3.63, 3.8) is 0 Å². The van der Waals surface area contributed by atoms with E-state index < -0.39 is 0 Å². The van der Waals surface area contributed by atoms with Crippen LogP contribution in [0.2, 0.25) is 0 Å². The van der Waals surface area contributed by atoms with Crippen LogP contribution in [0.3, 0.4) is 0 Å². The Balaban J connectivity index is 1.88. The molecule has 1 saturated heterocycles. The maximum Gasteiger partial charge on any atom is 0.165 e. The van der Waals surface area contributed by atoms with Crippen molar-refractivity contribution in [3.05, 3.63) is 66.0 Å². The molecule has 3 heteroatoms. The lowest BCUT2D eigenvalue weighted by Gasteiger charge is -2.25. The molecule has 1 N–H and O–H groups in total. The summed E-state index contributed by atoms with van der Waals surface area (Å²) < 4.78 is 19.8. The fourth-order valence-corrected chi connectivity index (χ4v) is 2.69. The van der Waals surface area contributed by atoms with Gasteiger partial charge in [-0.1, -0.05) is 42.5 Å². The Morgan fingerprint density at radius 2 is 1.80 bits per heavy atom. The van der Waals surface area contributed by atoms with Gasteiger partial charge in [-0.15, -0.1) is 0 Å². The average Bonchev–Trinajstić information content (AvgIpc) is 3.01. The smallest absolute Gasteiger partial charge is 0.165 e. The van der Waals surface area contributed by atoms with Gasteiger partial charge in [-0.05, 0) is 30.7 Å². The van der Waals surface area contributed by atoms with Crippen molar-refractivity contribution in [2.75, 3.05) is 13.1 Å². The van der Waals surface area contributed by atoms with E-state index >= 15 is 0 Å². The van der Waals surface area contributed by atoms with Crippen LogP contribution in [0.1, 0.15) is 18.1 Å². The summed E-state index contributed by atoms with van der Waals surface area (Å²) in [6, 6.07) is 16.7. The van der Waals surface area contributed by atoms with E-state index in [4.69, 9.17) is 4.74 Å². The first-order valence-electron chi connectivity index (χ1n) is 7.01. The first-order chi connectivity index (χ1) is 9.84. The highest BCUT2D eigenvalue weighted by molar-refractivity contribution is 5.26. The molecule has 0 aliphatic carbocycles. The Hall–Kier alpha value is -1.87. The van der Waals surface area contributed by atoms with E-state index in [0.717, 1.165) is 25.1 Å². The molecule has 104 valence electrons. The van der Waals surface area contributed by atoms with Gasteiger partial charge in [-0.3, -0.25) is 0 Å². The largest absolute Gasteiger partial charge is 0.482 e. The molecule has 1 heterocycles. The van der Waals surface area contributed by atoms with Gasteiger partial charge in [0.1, 0.15) is 6.10 Å². The second kappa shape index (κ2) is 6.06. The maximum atomic E-state index is 13.8. The standard InChI is InChI=1S/C17H18FNO/c18-15-8-4-5-9-16(15)20-17(14-10-11-19-12-14)13-6-2-1-3-7-13/h1-9,14,17,19H,10-12H2/t14-,17-/m1/s1. The molecule has 0 radical (unpaired) electrons. The minimum atomic E-state index is -0.306. The van der Waals surface area contributed by atoms with E-state index in [2.05, 4.69) is 5.32 Å². The highest BCUT2D eigenvalue weighted by atomic mass is 19.1. The number of hydrogen-bond acceptors (Lipinski definition) is 2. The summed E-state index contributed by atoms with van der Waals surface area (Å²) in [6.07, 6.45) is 0.941. The van der Waals surface area contributed by atoms with E-state index in [1.807, 2.05) is 30.3 Å². The van der Waals surface area contributed by atoms with Crippen molar-refractivity contribution in [1.82, 2.24) is 5.32 Å². The zero-order chi connectivity index (χ0) is 13.8. The Morgan fingerprint density at radius 3 is 2.50 bits per heavy atom. The van der Waals surface area contributed by atoms with Crippen molar-refractivity contribution < 1.29 is 9.13 Å². The second-order valence-corrected chi connectivity index (χ2v) is 5.13. The summed E-state index contributed by atoms with van der Waals surface area (Å²) >= 11 is 0. The van der Waals surface area contributed by atoms with Gasteiger partial charge in [0, 0.05) is 12.5 Å². The quantitative estimate of drug-likeness (QED) is 0.918. The minimum Gasteiger partial charge on any atom is -0.482 e. The molecule has 20 heavy (non-hydrogen) atoms. The van der Waals surface area contributed by atoms with E-state index in [9.17, 15) is 4.39 Å². The number of rotatable bonds is 4. The molecule has 1 aliphatic heterocycles. The molecule has 0 bridgehead atoms. The molecule has 0 spiro atoms. The molecule has 0 unspecified atom stereocenters. The molecule has 2 aromatic carbocycles. The second-order valence-electron chi connectivity index (χ2n) is 5.13. The lowest BCUT2D eigenvalue weighted by Crippen LogP contribution is -2.21. The van der Waals surface area contributed by atoms with Crippen LogP contribution in [0.25, 0.3) is 0 Å². The fraction of sp³-hybridized carbons (Fsp3) is 0.294. The van der Waals surface area contributed by atoms with E-state index in [0.29, 0.717) is 11.7 Å². The number of benzene rings is 2. The number of halogens is 1. The summed E-state index contributed by atoms with van der Waals surface area (Å²) in [7, 11) is 0. The van der Waals surface area contributed by atoms with Crippen molar-refractivity contribution in [2.45, 2.75) is 12.5 Å². The zero-order valence-electron chi connectivity index (χ0n) is 11.3. The Morgan fingerprint density at radius 1 is 1.05 bits per heavy atom. The summed E-state index contributed by atoms with van der Waals surface area (Å²) in [5.74, 6) is 0.393. The van der Waals surface area contributed by atoms with Gasteiger partial charge in [0.25, 0.3) is 0 Å². The fourth-order valence-electron chi connectivity index (χ4n) is 2.69. The molecular formula is C17H18FNO. The monoisotopic (exact) mass is 271 g/mol. The summed E-state index contributed by atoms with van der Waals surface area (Å²) in [5, 5.41) is 3.35. The van der Waals surface area contributed by atoms with Gasteiger partial charge in [0.2, 0.25) is 0 Å². The third-order valence-electron chi connectivity index (χ3n) is 3.75. The van der Waals surface area contributed by atoms with Crippen LogP contribution in [0.15, 0.2) is 54.6 Å². The van der Waals surface area contributed by atoms with E-state index in [-0.39, 0.29) is 11.9 Å². The zero-order valence-corrected chi connectivity index (χ0v) is 11.3. The molecular weight excluding hydrogens is 253 g/mol. The van der Waals surface area contributed by atoms with Crippen molar-refractivity contribution >= 4 is 0 Å². The molecule has 2 nitrogen and oxygen atoms in total. The van der Waals surface area contributed by atoms with Crippen LogP contribution in [0, 0.1) is 11.7 Å². The van der Waals surface area contributed by atoms with E-state index in [1.54, 1.807) is 18.2 Å². The van der Waals surface area contributed by atoms with Crippen molar-refractivity contribution in [3.8, 4) is 5.75 Å². The van der Waals surface area contributed by atoms with Gasteiger partial charge in [-0.2, -0.15) is 0 Å². The Bertz CT molecular complexity index is 552. The highest BCUT2D eigenvalue weighted by Crippen LogP contribution is 2.32. The predicted octanol–water partition coefficient (Wildman–Crippen LogP) is 3.56. The van der Waals surface area contributed by atoms with Crippen LogP contribution in [-0.4, -0.2) is 13.1 Å². The summed E-state index contributed by atoms with van der Waals surface area (Å²) in [4.78, 5) is 0. The lowest BCUT2D eigenvalue weighted by atomic mass is 9.95. The van der Waals surface area contributed by atoms with Crippen LogP contribution in [0.4, 0.5) is 4.39 Å². The third kappa shape index (κ3) is 2.83. The Kier molecular flexibility index (Phi) is 3.97. The molecule has 3 rings (SSSR count). The lowest BCUT2D eigenvalue weighted by molar-refractivity contribution is 0.138. The van der Waals surface area contributed by atoms with Crippen LogP contribution < -0.4 is 10.1 Å². The van der Waals surface area contributed by atoms with Gasteiger partial charge in [0.05, 0.1) is 0 Å². The summed E-state index contributed by atoms with van der Waals surface area (Å²) in [5.41, 5.74) is 1.10. The normalized spacial score (nSPS) is 19.8. The molecule has 1 aliphatic rings. The predicted molar refractivity (Wildman–Crippen MR) is 77.2 cm³/mol. The molecule has 0 amide bonds. The van der Waals surface area contributed by atoms with Crippen LogP contribution in [-0.2, 0) is 0 Å². The molecule has 2 atom stereocenters. The molecule has 2 aromatic rings. The number of hydrogen-bond donors (Lipinski definition) is 1. The van der Waals surface area contributed by atoms with Gasteiger partial charge < -0.3 is 10.1 Å². The van der Waals surface area contributed by atoms with Crippen LogP contribution >= 0.6 is 0 Å². The van der Waals surface area contributed by atoms with E-state index in [1.165, 1.54) is 6.07 Å². The van der Waals surface area contributed by atoms with Crippen molar-refractivity contribution in [2.24, 2.45) is 5.92 Å². The van der Waals surface area contributed by atoms with Crippen molar-refractivity contribution in [1.29, 1.82) is 0 Å². The van der Waals surface area contributed by atoms with Crippen LogP contribution in [0.5, 0.6) is 5.75 Å². The maximum absolute atomic E-state index is 13.8.